The summed E-state index contributed by atoms with van der Waals surface area (Å²) in [7, 11) is 1.37. The Hall–Kier alpha value is -1.62. The monoisotopic (exact) mass is 236 g/mol. The van der Waals surface area contributed by atoms with Gasteiger partial charge in [0.05, 0.1) is 18.4 Å². The van der Waals surface area contributed by atoms with Crippen molar-refractivity contribution in [2.75, 3.05) is 7.11 Å². The number of carbonyl (C=O) groups excluding carboxylic acids is 1. The highest BCUT2D eigenvalue weighted by molar-refractivity contribution is 7.80. The van der Waals surface area contributed by atoms with Gasteiger partial charge in [0.1, 0.15) is 5.50 Å². The number of rotatable bonds is 2. The highest BCUT2D eigenvalue weighted by Crippen LogP contribution is 2.16. The molecule has 84 valence electrons. The zero-order valence-corrected chi connectivity index (χ0v) is 9.62. The predicted molar refractivity (Wildman–Crippen MR) is 64.8 cm³/mol. The average Bonchev–Trinajstić information content (AvgIpc) is 2.75. The molecule has 0 radical (unpaired) electrons. The van der Waals surface area contributed by atoms with Crippen LogP contribution in [0.2, 0.25) is 0 Å². The van der Waals surface area contributed by atoms with E-state index in [4.69, 9.17) is 0 Å². The summed E-state index contributed by atoms with van der Waals surface area (Å²) in [4.78, 5) is 11.2. The van der Waals surface area contributed by atoms with E-state index < -0.39 is 0 Å². The van der Waals surface area contributed by atoms with E-state index >= 15 is 0 Å². The molecule has 0 saturated carbocycles. The smallest absolute Gasteiger partial charge is 0.337 e. The van der Waals surface area contributed by atoms with Gasteiger partial charge in [-0.25, -0.2) is 4.79 Å². The SMILES string of the molecule is COC(=O)c1ccc(C2=CNC(S)N2)cc1. The number of thiol groups is 1. The molecule has 0 saturated heterocycles. The molecule has 1 aromatic rings. The van der Waals surface area contributed by atoms with Crippen LogP contribution in [0.3, 0.4) is 0 Å². The van der Waals surface area contributed by atoms with Crippen LogP contribution in [0.5, 0.6) is 0 Å². The van der Waals surface area contributed by atoms with Crippen LogP contribution in [0.1, 0.15) is 15.9 Å². The maximum absolute atomic E-state index is 11.2. The summed E-state index contributed by atoms with van der Waals surface area (Å²) in [6.45, 7) is 0. The zero-order chi connectivity index (χ0) is 11.5. The number of esters is 1. The van der Waals surface area contributed by atoms with Crippen molar-refractivity contribution >= 4 is 24.3 Å². The van der Waals surface area contributed by atoms with Gasteiger partial charge in [-0.2, -0.15) is 0 Å². The number of carbonyl (C=O) groups is 1. The van der Waals surface area contributed by atoms with E-state index in [0.717, 1.165) is 11.3 Å². The highest BCUT2D eigenvalue weighted by Gasteiger charge is 2.12. The molecule has 1 atom stereocenters. The fourth-order valence-electron chi connectivity index (χ4n) is 1.46. The van der Waals surface area contributed by atoms with Gasteiger partial charge in [-0.3, -0.25) is 0 Å². The van der Waals surface area contributed by atoms with E-state index in [1.165, 1.54) is 7.11 Å². The van der Waals surface area contributed by atoms with Gasteiger partial charge in [-0.1, -0.05) is 12.1 Å². The Morgan fingerprint density at radius 1 is 1.38 bits per heavy atom. The lowest BCUT2D eigenvalue weighted by molar-refractivity contribution is 0.0601. The van der Waals surface area contributed by atoms with Crippen molar-refractivity contribution in [3.8, 4) is 0 Å². The Morgan fingerprint density at radius 3 is 2.56 bits per heavy atom. The number of ether oxygens (including phenoxy) is 1. The molecule has 2 rings (SSSR count). The molecule has 1 aliphatic rings. The quantitative estimate of drug-likeness (QED) is 0.533. The third-order valence-electron chi connectivity index (χ3n) is 2.29. The first-order valence-corrected chi connectivity index (χ1v) is 5.32. The van der Waals surface area contributed by atoms with Gasteiger partial charge >= 0.3 is 5.97 Å². The van der Waals surface area contributed by atoms with E-state index in [-0.39, 0.29) is 11.5 Å². The molecule has 0 spiro atoms. The molecule has 1 unspecified atom stereocenters. The lowest BCUT2D eigenvalue weighted by Crippen LogP contribution is -2.25. The summed E-state index contributed by atoms with van der Waals surface area (Å²) >= 11 is 4.22. The van der Waals surface area contributed by atoms with Crippen LogP contribution in [0.15, 0.2) is 30.5 Å². The number of benzene rings is 1. The Labute approximate surface area is 99.1 Å². The summed E-state index contributed by atoms with van der Waals surface area (Å²) in [6, 6.07) is 7.18. The lowest BCUT2D eigenvalue weighted by atomic mass is 10.1. The van der Waals surface area contributed by atoms with Crippen LogP contribution in [-0.2, 0) is 4.74 Å². The van der Waals surface area contributed by atoms with E-state index in [1.54, 1.807) is 12.1 Å². The van der Waals surface area contributed by atoms with Gasteiger partial charge in [0.15, 0.2) is 0 Å². The molecular formula is C11H12N2O2S. The molecule has 5 heteroatoms. The second-order valence-corrected chi connectivity index (χ2v) is 3.86. The van der Waals surface area contributed by atoms with Crippen molar-refractivity contribution in [2.24, 2.45) is 0 Å². The Kier molecular flexibility index (Phi) is 3.05. The fourth-order valence-corrected chi connectivity index (χ4v) is 1.68. The number of methoxy groups -OCH3 is 1. The van der Waals surface area contributed by atoms with Gasteiger partial charge in [0, 0.05) is 6.20 Å². The summed E-state index contributed by atoms with van der Waals surface area (Å²) in [5.41, 5.74) is 2.43. The minimum absolute atomic E-state index is 0.0599. The second kappa shape index (κ2) is 4.49. The summed E-state index contributed by atoms with van der Waals surface area (Å²) < 4.78 is 4.62. The van der Waals surface area contributed by atoms with Crippen molar-refractivity contribution in [1.82, 2.24) is 10.6 Å². The highest BCUT2D eigenvalue weighted by atomic mass is 32.1. The largest absolute Gasteiger partial charge is 0.465 e. The van der Waals surface area contributed by atoms with Gasteiger partial charge in [0.2, 0.25) is 0 Å². The van der Waals surface area contributed by atoms with Crippen LogP contribution in [0.4, 0.5) is 0 Å². The van der Waals surface area contributed by atoms with Crippen LogP contribution in [-0.4, -0.2) is 18.6 Å². The molecule has 16 heavy (non-hydrogen) atoms. The minimum atomic E-state index is -0.329. The maximum Gasteiger partial charge on any atom is 0.337 e. The second-order valence-electron chi connectivity index (χ2n) is 3.34. The molecule has 0 bridgehead atoms. The molecule has 1 aromatic carbocycles. The van der Waals surface area contributed by atoms with Gasteiger partial charge in [0.25, 0.3) is 0 Å². The van der Waals surface area contributed by atoms with Crippen molar-refractivity contribution < 1.29 is 9.53 Å². The molecule has 0 aliphatic carbocycles. The average molecular weight is 236 g/mol. The van der Waals surface area contributed by atoms with E-state index in [2.05, 4.69) is 28.0 Å². The number of hydrogen-bond acceptors (Lipinski definition) is 5. The Morgan fingerprint density at radius 2 is 2.06 bits per heavy atom. The third kappa shape index (κ3) is 2.14. The van der Waals surface area contributed by atoms with Crippen molar-refractivity contribution in [3.63, 3.8) is 0 Å². The molecule has 0 aromatic heterocycles. The molecular weight excluding hydrogens is 224 g/mol. The van der Waals surface area contributed by atoms with E-state index in [0.29, 0.717) is 5.56 Å². The van der Waals surface area contributed by atoms with Crippen LogP contribution in [0, 0.1) is 0 Å². The van der Waals surface area contributed by atoms with Crippen LogP contribution >= 0.6 is 12.6 Å². The Bertz CT molecular complexity index is 428. The van der Waals surface area contributed by atoms with E-state index in [9.17, 15) is 4.79 Å². The van der Waals surface area contributed by atoms with Crippen LogP contribution < -0.4 is 10.6 Å². The van der Waals surface area contributed by atoms with E-state index in [1.807, 2.05) is 18.3 Å². The summed E-state index contributed by atoms with van der Waals surface area (Å²) in [5, 5.41) is 6.15. The topological polar surface area (TPSA) is 50.4 Å². The lowest BCUT2D eigenvalue weighted by Gasteiger charge is -2.07. The zero-order valence-electron chi connectivity index (χ0n) is 8.73. The fraction of sp³-hybridized carbons (Fsp3) is 0.182. The number of nitrogens with one attached hydrogen (secondary N) is 2. The summed E-state index contributed by atoms with van der Waals surface area (Å²) in [6.07, 6.45) is 1.85. The Balaban J connectivity index is 2.17. The van der Waals surface area contributed by atoms with Crippen molar-refractivity contribution in [1.29, 1.82) is 0 Å². The first-order chi connectivity index (χ1) is 7.70. The first kappa shape index (κ1) is 10.9. The normalized spacial score (nSPS) is 18.4. The van der Waals surface area contributed by atoms with Gasteiger partial charge in [-0.05, 0) is 17.7 Å². The molecule has 0 fully saturated rings. The molecule has 4 nitrogen and oxygen atoms in total. The molecule has 1 aliphatic heterocycles. The first-order valence-electron chi connectivity index (χ1n) is 4.80. The van der Waals surface area contributed by atoms with Gasteiger partial charge in [-0.15, -0.1) is 12.6 Å². The van der Waals surface area contributed by atoms with Crippen molar-refractivity contribution in [3.05, 3.63) is 41.6 Å². The molecule has 1 heterocycles. The summed E-state index contributed by atoms with van der Waals surface area (Å²) in [5.74, 6) is -0.329. The standard InChI is InChI=1S/C11H12N2O2S/c1-15-10(14)8-4-2-7(3-5-8)9-6-12-11(16)13-9/h2-6,11-13,16H,1H3. The molecule has 2 N–H and O–H groups in total. The van der Waals surface area contributed by atoms with Gasteiger partial charge < -0.3 is 15.4 Å². The minimum Gasteiger partial charge on any atom is -0.465 e. The maximum atomic E-state index is 11.2. The third-order valence-corrected chi connectivity index (χ3v) is 2.57. The van der Waals surface area contributed by atoms with Crippen molar-refractivity contribution in [2.45, 2.75) is 5.50 Å². The van der Waals surface area contributed by atoms with Crippen LogP contribution in [0.25, 0.3) is 5.70 Å². The molecule has 0 amide bonds. The predicted octanol–water partition coefficient (Wildman–Crippen LogP) is 1.18. The number of hydrogen-bond donors (Lipinski definition) is 3.